The summed E-state index contributed by atoms with van der Waals surface area (Å²) < 4.78 is 6.12. The van der Waals surface area contributed by atoms with Gasteiger partial charge >= 0.3 is 5.97 Å². The number of fused-ring (bicyclic) bond motifs is 5. The van der Waals surface area contributed by atoms with Crippen molar-refractivity contribution in [2.75, 3.05) is 6.61 Å². The number of carbonyl (C=O) groups excluding carboxylic acids is 3. The van der Waals surface area contributed by atoms with E-state index in [1.54, 1.807) is 12.2 Å². The van der Waals surface area contributed by atoms with Crippen LogP contribution in [-0.2, 0) is 19.1 Å². The molecule has 0 aromatic carbocycles. The van der Waals surface area contributed by atoms with Crippen LogP contribution < -0.4 is 0 Å². The highest BCUT2D eigenvalue weighted by Gasteiger charge is 2.75. The van der Waals surface area contributed by atoms with Crippen LogP contribution in [0.5, 0.6) is 0 Å². The molecule has 0 saturated heterocycles. The zero-order chi connectivity index (χ0) is 25.1. The first-order valence-corrected chi connectivity index (χ1v) is 13.0. The first-order valence-electron chi connectivity index (χ1n) is 12.6. The SMILES string of the molecule is CCCCC(=O)O[C@H]1C[C@@]2(C)[C@@H](C[C@H](C)[C@]2(O)C(=O)CO)[C@@H]2CCC3=CC(=O)C=C[C@]3(C)[C@@]12Cl. The molecule has 0 unspecified atom stereocenters. The Labute approximate surface area is 206 Å². The van der Waals surface area contributed by atoms with Crippen LogP contribution in [0.4, 0.5) is 0 Å². The first kappa shape index (κ1) is 25.6. The second-order valence-electron chi connectivity index (χ2n) is 11.3. The summed E-state index contributed by atoms with van der Waals surface area (Å²) in [6.45, 7) is 7.02. The molecule has 0 aromatic heterocycles. The van der Waals surface area contributed by atoms with Gasteiger partial charge < -0.3 is 14.9 Å². The van der Waals surface area contributed by atoms with Crippen molar-refractivity contribution in [3.8, 4) is 0 Å². The van der Waals surface area contributed by atoms with Gasteiger partial charge in [0, 0.05) is 17.3 Å². The van der Waals surface area contributed by atoms with Crippen molar-refractivity contribution < 1.29 is 29.3 Å². The molecule has 8 atom stereocenters. The zero-order valence-electron chi connectivity index (χ0n) is 20.6. The van der Waals surface area contributed by atoms with Gasteiger partial charge in [0.05, 0.1) is 4.87 Å². The third-order valence-corrected chi connectivity index (χ3v) is 10.7. The first-order chi connectivity index (χ1) is 15.9. The van der Waals surface area contributed by atoms with Crippen LogP contribution in [0.2, 0.25) is 0 Å². The largest absolute Gasteiger partial charge is 0.460 e. The number of halogens is 1. The van der Waals surface area contributed by atoms with E-state index in [-0.39, 0.29) is 42.3 Å². The van der Waals surface area contributed by atoms with Crippen molar-refractivity contribution >= 4 is 29.1 Å². The van der Waals surface area contributed by atoms with E-state index in [0.717, 1.165) is 12.0 Å². The number of aliphatic hydroxyl groups excluding tert-OH is 1. The maximum absolute atomic E-state index is 12.9. The van der Waals surface area contributed by atoms with Crippen LogP contribution >= 0.6 is 11.6 Å². The molecule has 0 spiro atoms. The van der Waals surface area contributed by atoms with Gasteiger partial charge in [0.1, 0.15) is 18.3 Å². The monoisotopic (exact) mass is 492 g/mol. The van der Waals surface area contributed by atoms with Crippen molar-refractivity contribution in [1.29, 1.82) is 0 Å². The van der Waals surface area contributed by atoms with Gasteiger partial charge in [-0.25, -0.2) is 0 Å². The average Bonchev–Trinajstić information content (AvgIpc) is 3.00. The van der Waals surface area contributed by atoms with Gasteiger partial charge in [-0.05, 0) is 62.0 Å². The topological polar surface area (TPSA) is 101 Å². The highest BCUT2D eigenvalue weighted by molar-refractivity contribution is 6.26. The fourth-order valence-corrected chi connectivity index (χ4v) is 8.46. The zero-order valence-corrected chi connectivity index (χ0v) is 21.4. The van der Waals surface area contributed by atoms with E-state index in [1.807, 2.05) is 33.8 Å². The lowest BCUT2D eigenvalue weighted by atomic mass is 9.45. The highest BCUT2D eigenvalue weighted by atomic mass is 35.5. The lowest BCUT2D eigenvalue weighted by Crippen LogP contribution is -2.69. The summed E-state index contributed by atoms with van der Waals surface area (Å²) in [5.74, 6) is -1.62. The van der Waals surface area contributed by atoms with E-state index in [4.69, 9.17) is 16.3 Å². The maximum Gasteiger partial charge on any atom is 0.306 e. The number of Topliss-reactive ketones (excluding diaryl/α,β-unsaturated/α-hetero) is 1. The summed E-state index contributed by atoms with van der Waals surface area (Å²) in [5, 5.41) is 21.5. The Morgan fingerprint density at radius 1 is 1.26 bits per heavy atom. The number of carbonyl (C=O) groups is 3. The Balaban J connectivity index is 1.84. The minimum Gasteiger partial charge on any atom is -0.460 e. The maximum atomic E-state index is 12.9. The number of aliphatic hydroxyl groups is 2. The van der Waals surface area contributed by atoms with Gasteiger partial charge in [-0.1, -0.05) is 45.8 Å². The summed E-state index contributed by atoms with van der Waals surface area (Å²) >= 11 is 7.67. The van der Waals surface area contributed by atoms with Crippen LogP contribution in [0, 0.1) is 28.6 Å². The van der Waals surface area contributed by atoms with E-state index in [1.165, 1.54) is 0 Å². The molecule has 0 radical (unpaired) electrons. The number of alkyl halides is 1. The summed E-state index contributed by atoms with van der Waals surface area (Å²) in [6, 6.07) is 0. The fraction of sp³-hybridized carbons (Fsp3) is 0.741. The van der Waals surface area contributed by atoms with Gasteiger partial charge in [0.15, 0.2) is 11.6 Å². The molecule has 4 aliphatic carbocycles. The van der Waals surface area contributed by atoms with Crippen LogP contribution in [0.1, 0.15) is 72.6 Å². The number of ether oxygens (including phenoxy) is 1. The summed E-state index contributed by atoms with van der Waals surface area (Å²) in [7, 11) is 0. The van der Waals surface area contributed by atoms with E-state index in [9.17, 15) is 24.6 Å². The van der Waals surface area contributed by atoms with E-state index in [0.29, 0.717) is 25.7 Å². The number of esters is 1. The van der Waals surface area contributed by atoms with E-state index in [2.05, 4.69) is 0 Å². The second-order valence-corrected chi connectivity index (χ2v) is 11.9. The van der Waals surface area contributed by atoms with Crippen LogP contribution in [0.25, 0.3) is 0 Å². The molecule has 4 rings (SSSR count). The van der Waals surface area contributed by atoms with Crippen molar-refractivity contribution in [1.82, 2.24) is 0 Å². The standard InChI is InChI=1S/C27H37ClO6/c1-5-6-7-23(32)34-22-14-25(4)20(12-16(2)27(25,33)21(31)15-29)19-9-8-17-13-18(30)10-11-24(17,3)26(19,22)28/h10-11,13,16,19-20,22,29,33H,5-9,12,14-15H2,1-4H3/t16-,19-,20-,22-,24-,25-,26-,27-/m0/s1. The van der Waals surface area contributed by atoms with Gasteiger partial charge in [0.25, 0.3) is 0 Å². The van der Waals surface area contributed by atoms with Crippen LogP contribution in [0.3, 0.4) is 0 Å². The number of hydrogen-bond acceptors (Lipinski definition) is 6. The molecule has 3 saturated carbocycles. The lowest BCUT2D eigenvalue weighted by molar-refractivity contribution is -0.190. The quantitative estimate of drug-likeness (QED) is 0.430. The molecule has 0 bridgehead atoms. The molecule has 3 fully saturated rings. The van der Waals surface area contributed by atoms with E-state index >= 15 is 0 Å². The molecular formula is C27H37ClO6. The molecule has 0 amide bonds. The predicted molar refractivity (Wildman–Crippen MR) is 128 cm³/mol. The Morgan fingerprint density at radius 2 is 1.97 bits per heavy atom. The molecule has 2 N–H and O–H groups in total. The van der Waals surface area contributed by atoms with Gasteiger partial charge in [-0.2, -0.15) is 0 Å². The molecule has 6 nitrogen and oxygen atoms in total. The summed E-state index contributed by atoms with van der Waals surface area (Å²) in [4.78, 5) is 37.0. The molecule has 0 aliphatic heterocycles. The molecule has 4 aliphatic rings. The van der Waals surface area contributed by atoms with Crippen molar-refractivity contribution in [2.45, 2.75) is 89.2 Å². The van der Waals surface area contributed by atoms with Gasteiger partial charge in [-0.15, -0.1) is 11.6 Å². The lowest BCUT2D eigenvalue weighted by Gasteiger charge is -2.64. The highest BCUT2D eigenvalue weighted by Crippen LogP contribution is 2.71. The van der Waals surface area contributed by atoms with Crippen molar-refractivity contribution in [2.24, 2.45) is 28.6 Å². The number of hydrogen-bond donors (Lipinski definition) is 2. The summed E-state index contributed by atoms with van der Waals surface area (Å²) in [5.41, 5.74) is -2.39. The number of ketones is 2. The molecule has 34 heavy (non-hydrogen) atoms. The van der Waals surface area contributed by atoms with E-state index < -0.39 is 39.8 Å². The Kier molecular flexibility index (Phi) is 6.44. The van der Waals surface area contributed by atoms with Crippen molar-refractivity contribution in [3.63, 3.8) is 0 Å². The average molecular weight is 493 g/mol. The third kappa shape index (κ3) is 3.24. The van der Waals surface area contributed by atoms with Gasteiger partial charge in [-0.3, -0.25) is 14.4 Å². The Morgan fingerprint density at radius 3 is 2.62 bits per heavy atom. The molecule has 7 heteroatoms. The normalized spacial score (nSPS) is 45.1. The minimum absolute atomic E-state index is 0.0688. The Hall–Kier alpha value is -1.50. The molecule has 188 valence electrons. The minimum atomic E-state index is -1.73. The number of rotatable bonds is 6. The third-order valence-electron chi connectivity index (χ3n) is 9.78. The fourth-order valence-electron chi connectivity index (χ4n) is 7.89. The van der Waals surface area contributed by atoms with Crippen molar-refractivity contribution in [3.05, 3.63) is 23.8 Å². The number of unbranched alkanes of at least 4 members (excludes halogenated alkanes) is 1. The number of allylic oxidation sites excluding steroid dienone is 4. The summed E-state index contributed by atoms with van der Waals surface area (Å²) in [6.07, 6.45) is 8.28. The second kappa shape index (κ2) is 8.56. The molecule has 0 heterocycles. The predicted octanol–water partition coefficient (Wildman–Crippen LogP) is 3.91. The molecule has 0 aromatic rings. The van der Waals surface area contributed by atoms with Gasteiger partial charge in [0.2, 0.25) is 0 Å². The van der Waals surface area contributed by atoms with Crippen LogP contribution in [-0.4, -0.2) is 50.9 Å². The smallest absolute Gasteiger partial charge is 0.306 e. The van der Waals surface area contributed by atoms with Crippen LogP contribution in [0.15, 0.2) is 23.8 Å². The molecular weight excluding hydrogens is 456 g/mol. The Bertz CT molecular complexity index is 957.